The first kappa shape index (κ1) is 22.5. The molecule has 0 saturated carbocycles. The molecule has 1 aromatic heterocycles. The van der Waals surface area contributed by atoms with Gasteiger partial charge in [-0.25, -0.2) is 14.8 Å². The Morgan fingerprint density at radius 1 is 1.32 bits per heavy atom. The average molecular weight is 502 g/mol. The predicted octanol–water partition coefficient (Wildman–Crippen LogP) is 2.33. The van der Waals surface area contributed by atoms with E-state index in [9.17, 15) is 4.79 Å². The van der Waals surface area contributed by atoms with Crippen molar-refractivity contribution in [1.82, 2.24) is 15.2 Å². The number of amides is 1. The quantitative estimate of drug-likeness (QED) is 0.365. The summed E-state index contributed by atoms with van der Waals surface area (Å²) in [6.45, 7) is 6.26. The van der Waals surface area contributed by atoms with E-state index >= 15 is 0 Å². The van der Waals surface area contributed by atoms with E-state index < -0.39 is 0 Å². The van der Waals surface area contributed by atoms with Gasteiger partial charge in [-0.2, -0.15) is 0 Å². The Hall–Kier alpha value is -1.78. The Morgan fingerprint density at radius 3 is 2.71 bits per heavy atom. The lowest BCUT2D eigenvalue weighted by atomic mass is 10.1. The Kier molecular flexibility index (Phi) is 9.07. The predicted molar refractivity (Wildman–Crippen MR) is 121 cm³/mol. The monoisotopic (exact) mass is 502 g/mol. The third-order valence-electron chi connectivity index (χ3n) is 5.04. The summed E-state index contributed by atoms with van der Waals surface area (Å²) in [7, 11) is 0. The molecule has 1 aromatic rings. The summed E-state index contributed by atoms with van der Waals surface area (Å²) in [5.41, 5.74) is 7.17. The molecule has 9 heteroatoms. The molecule has 2 saturated heterocycles. The standard InChI is InChI=1S/C19H30N6O2.HI/c1-2-27-19(26)25-11-6-16(7-12-25)23-18(20)22-14-15-5-8-21-17(13-15)24-9-3-4-10-24;/h5,8,13,16H,2-4,6-7,9-12,14H2,1H3,(H3,20,22,23);1H. The fourth-order valence-corrected chi connectivity index (χ4v) is 3.53. The molecular weight excluding hydrogens is 471 g/mol. The van der Waals surface area contributed by atoms with Crippen LogP contribution in [-0.2, 0) is 11.3 Å². The van der Waals surface area contributed by atoms with Crippen molar-refractivity contribution in [1.29, 1.82) is 0 Å². The molecule has 2 fully saturated rings. The van der Waals surface area contributed by atoms with Crippen molar-refractivity contribution < 1.29 is 9.53 Å². The second kappa shape index (κ2) is 11.3. The molecule has 0 aromatic carbocycles. The fourth-order valence-electron chi connectivity index (χ4n) is 3.53. The van der Waals surface area contributed by atoms with Crippen LogP contribution >= 0.6 is 24.0 Å². The van der Waals surface area contributed by atoms with Gasteiger partial charge in [0.2, 0.25) is 0 Å². The van der Waals surface area contributed by atoms with Gasteiger partial charge in [0.1, 0.15) is 5.82 Å². The van der Waals surface area contributed by atoms with Crippen LogP contribution < -0.4 is 16.0 Å². The van der Waals surface area contributed by atoms with E-state index in [2.05, 4.69) is 26.3 Å². The second-order valence-corrected chi connectivity index (χ2v) is 7.02. The van der Waals surface area contributed by atoms with Crippen LogP contribution in [0.25, 0.3) is 0 Å². The van der Waals surface area contributed by atoms with Crippen molar-refractivity contribution in [2.24, 2.45) is 10.7 Å². The molecule has 8 nitrogen and oxygen atoms in total. The highest BCUT2D eigenvalue weighted by Crippen LogP contribution is 2.18. The highest BCUT2D eigenvalue weighted by atomic mass is 127. The molecule has 0 spiro atoms. The largest absolute Gasteiger partial charge is 0.450 e. The van der Waals surface area contributed by atoms with Gasteiger partial charge in [0.15, 0.2) is 5.96 Å². The van der Waals surface area contributed by atoms with Gasteiger partial charge >= 0.3 is 6.09 Å². The fraction of sp³-hybridized carbons (Fsp3) is 0.632. The number of nitrogens with one attached hydrogen (secondary N) is 1. The van der Waals surface area contributed by atoms with E-state index in [4.69, 9.17) is 10.5 Å². The van der Waals surface area contributed by atoms with Crippen LogP contribution in [0.2, 0.25) is 0 Å². The van der Waals surface area contributed by atoms with Crippen LogP contribution in [0.1, 0.15) is 38.2 Å². The maximum absolute atomic E-state index is 11.7. The van der Waals surface area contributed by atoms with E-state index in [0.29, 0.717) is 32.2 Å². The van der Waals surface area contributed by atoms with Crippen molar-refractivity contribution in [3.8, 4) is 0 Å². The van der Waals surface area contributed by atoms with Gasteiger partial charge in [-0.05, 0) is 50.3 Å². The number of piperidine rings is 1. The molecule has 3 N–H and O–H groups in total. The van der Waals surface area contributed by atoms with Crippen LogP contribution in [0.5, 0.6) is 0 Å². The minimum Gasteiger partial charge on any atom is -0.450 e. The van der Waals surface area contributed by atoms with Crippen LogP contribution in [-0.4, -0.2) is 60.8 Å². The molecule has 0 aliphatic carbocycles. The third kappa shape index (κ3) is 6.39. The Bertz CT molecular complexity index is 658. The number of rotatable bonds is 5. The summed E-state index contributed by atoms with van der Waals surface area (Å²) < 4.78 is 5.04. The Morgan fingerprint density at radius 2 is 2.04 bits per heavy atom. The summed E-state index contributed by atoms with van der Waals surface area (Å²) in [5.74, 6) is 1.47. The Labute approximate surface area is 183 Å². The molecule has 3 heterocycles. The highest BCUT2D eigenvalue weighted by Gasteiger charge is 2.23. The average Bonchev–Trinajstić information content (AvgIpc) is 3.22. The molecule has 3 rings (SSSR count). The van der Waals surface area contributed by atoms with E-state index in [1.165, 1.54) is 12.8 Å². The lowest BCUT2D eigenvalue weighted by Crippen LogP contribution is -2.48. The van der Waals surface area contributed by atoms with Gasteiger partial charge in [0, 0.05) is 38.4 Å². The number of likely N-dealkylation sites (tertiary alicyclic amines) is 1. The van der Waals surface area contributed by atoms with Crippen molar-refractivity contribution in [2.75, 3.05) is 37.7 Å². The maximum atomic E-state index is 11.7. The third-order valence-corrected chi connectivity index (χ3v) is 5.04. The van der Waals surface area contributed by atoms with Gasteiger partial charge < -0.3 is 25.6 Å². The van der Waals surface area contributed by atoms with Crippen LogP contribution in [0.3, 0.4) is 0 Å². The zero-order valence-electron chi connectivity index (χ0n) is 16.5. The lowest BCUT2D eigenvalue weighted by Gasteiger charge is -2.31. The smallest absolute Gasteiger partial charge is 0.409 e. The summed E-state index contributed by atoms with van der Waals surface area (Å²) in [5, 5.41) is 3.27. The Balaban J connectivity index is 0.00000280. The summed E-state index contributed by atoms with van der Waals surface area (Å²) in [6.07, 6.45) is 5.75. The van der Waals surface area contributed by atoms with Gasteiger partial charge in [-0.15, -0.1) is 24.0 Å². The molecular formula is C19H31IN6O2. The molecule has 0 bridgehead atoms. The number of pyridine rings is 1. The van der Waals surface area contributed by atoms with E-state index in [1.807, 2.05) is 19.2 Å². The normalized spacial score (nSPS) is 18.0. The van der Waals surface area contributed by atoms with Crippen molar-refractivity contribution in [3.63, 3.8) is 0 Å². The molecule has 1 amide bonds. The molecule has 28 heavy (non-hydrogen) atoms. The van der Waals surface area contributed by atoms with Crippen molar-refractivity contribution in [3.05, 3.63) is 23.9 Å². The first-order chi connectivity index (χ1) is 13.2. The number of nitrogens with two attached hydrogens (primary N) is 1. The van der Waals surface area contributed by atoms with Gasteiger partial charge in [-0.3, -0.25) is 0 Å². The number of nitrogens with zero attached hydrogens (tertiary/aromatic N) is 4. The molecule has 0 atom stereocenters. The van der Waals surface area contributed by atoms with Gasteiger partial charge in [-0.1, -0.05) is 0 Å². The first-order valence-electron chi connectivity index (χ1n) is 9.83. The molecule has 0 unspecified atom stereocenters. The van der Waals surface area contributed by atoms with Crippen LogP contribution in [0, 0.1) is 0 Å². The van der Waals surface area contributed by atoms with Gasteiger partial charge in [0.05, 0.1) is 13.2 Å². The molecule has 2 aliphatic rings. The van der Waals surface area contributed by atoms with Gasteiger partial charge in [0.25, 0.3) is 0 Å². The topological polar surface area (TPSA) is 96.1 Å². The number of carbonyl (C=O) groups is 1. The number of anilines is 1. The van der Waals surface area contributed by atoms with Crippen LogP contribution in [0.15, 0.2) is 23.3 Å². The minimum absolute atomic E-state index is 0. The zero-order chi connectivity index (χ0) is 19.1. The van der Waals surface area contributed by atoms with E-state index in [1.54, 1.807) is 4.90 Å². The molecule has 2 aliphatic heterocycles. The second-order valence-electron chi connectivity index (χ2n) is 7.02. The van der Waals surface area contributed by atoms with E-state index in [0.717, 1.165) is 37.3 Å². The lowest BCUT2D eigenvalue weighted by molar-refractivity contribution is 0.0963. The number of guanidine groups is 1. The number of halogens is 1. The minimum atomic E-state index is -0.232. The number of aromatic nitrogens is 1. The number of aliphatic imine (C=N–C) groups is 1. The van der Waals surface area contributed by atoms with Crippen LogP contribution in [0.4, 0.5) is 10.6 Å². The van der Waals surface area contributed by atoms with E-state index in [-0.39, 0.29) is 36.1 Å². The summed E-state index contributed by atoms with van der Waals surface area (Å²) >= 11 is 0. The summed E-state index contributed by atoms with van der Waals surface area (Å²) in [4.78, 5) is 24.7. The number of hydrogen-bond donors (Lipinski definition) is 2. The molecule has 0 radical (unpaired) electrons. The maximum Gasteiger partial charge on any atom is 0.409 e. The summed E-state index contributed by atoms with van der Waals surface area (Å²) in [6, 6.07) is 4.31. The van der Waals surface area contributed by atoms with Crippen molar-refractivity contribution >= 4 is 41.8 Å². The number of carbonyl (C=O) groups excluding carboxylic acids is 1. The van der Waals surface area contributed by atoms with Crippen molar-refractivity contribution in [2.45, 2.75) is 45.2 Å². The zero-order valence-corrected chi connectivity index (χ0v) is 18.8. The number of ether oxygens (including phenoxy) is 1. The molecule has 156 valence electrons. The first-order valence-corrected chi connectivity index (χ1v) is 9.83. The SMILES string of the molecule is CCOC(=O)N1CCC(NC(N)=NCc2ccnc(N3CCCC3)c2)CC1.I. The number of hydrogen-bond acceptors (Lipinski definition) is 5. The highest BCUT2D eigenvalue weighted by molar-refractivity contribution is 14.0.